The molecule has 1 aliphatic heterocycles. The Morgan fingerprint density at radius 3 is 2.23 bits per heavy atom. The molecule has 220 valence electrons. The van der Waals surface area contributed by atoms with Gasteiger partial charge in [-0.15, -0.1) is 0 Å². The average molecular weight is 567 g/mol. The summed E-state index contributed by atoms with van der Waals surface area (Å²) in [5.74, 6) is -1.23. The van der Waals surface area contributed by atoms with Crippen molar-refractivity contribution in [2.24, 2.45) is 0 Å². The van der Waals surface area contributed by atoms with Crippen molar-refractivity contribution in [3.63, 3.8) is 0 Å². The summed E-state index contributed by atoms with van der Waals surface area (Å²) < 4.78 is 42.8. The first-order valence-electron chi connectivity index (χ1n) is 12.9. The summed E-state index contributed by atoms with van der Waals surface area (Å²) in [6.45, 7) is 1.05. The Balaban J connectivity index is 0.000000559. The van der Waals surface area contributed by atoms with Crippen LogP contribution < -0.4 is 25.0 Å². The van der Waals surface area contributed by atoms with Crippen molar-refractivity contribution >= 4 is 23.4 Å². The molecule has 2 aromatic rings. The predicted octanol–water partition coefficient (Wildman–Crippen LogP) is 4.72. The number of rotatable bonds is 6. The summed E-state index contributed by atoms with van der Waals surface area (Å²) >= 11 is 0. The molecule has 0 aromatic heterocycles. The smallest absolute Gasteiger partial charge is 0.490 e. The molecule has 0 bridgehead atoms. The van der Waals surface area contributed by atoms with E-state index in [2.05, 4.69) is 34.7 Å². The van der Waals surface area contributed by atoms with Crippen LogP contribution in [0.5, 0.6) is 11.5 Å². The second-order valence-corrected chi connectivity index (χ2v) is 10.3. The van der Waals surface area contributed by atoms with E-state index in [9.17, 15) is 18.0 Å². The topological polar surface area (TPSA) is 103 Å². The number of likely N-dealkylation sites (N-methyl/N-ethyl adjacent to an activating group) is 1. The number of halogens is 3. The molecule has 0 unspecified atom stereocenters. The zero-order chi connectivity index (χ0) is 29.7. The highest BCUT2D eigenvalue weighted by Crippen LogP contribution is 2.49. The molecule has 9 nitrogen and oxygen atoms in total. The van der Waals surface area contributed by atoms with Gasteiger partial charge in [-0.1, -0.05) is 6.07 Å². The van der Waals surface area contributed by atoms with E-state index in [0.29, 0.717) is 6.04 Å². The van der Waals surface area contributed by atoms with Gasteiger partial charge in [-0.2, -0.15) is 13.2 Å². The number of anilines is 2. The van der Waals surface area contributed by atoms with Crippen LogP contribution in [0, 0.1) is 0 Å². The van der Waals surface area contributed by atoms with Crippen LogP contribution in [0.3, 0.4) is 0 Å². The second-order valence-electron chi connectivity index (χ2n) is 10.3. The number of ether oxygens (including phenoxy) is 2. The molecule has 1 aliphatic carbocycles. The lowest BCUT2D eigenvalue weighted by molar-refractivity contribution is -0.192. The quantitative estimate of drug-likeness (QED) is 0.465. The molecule has 3 atom stereocenters. The number of benzene rings is 2. The van der Waals surface area contributed by atoms with Gasteiger partial charge >= 0.3 is 18.2 Å². The Hall–Kier alpha value is -3.67. The van der Waals surface area contributed by atoms with Crippen molar-refractivity contribution in [1.29, 1.82) is 0 Å². The third kappa shape index (κ3) is 7.09. The lowest BCUT2D eigenvalue weighted by atomic mass is 9.65. The molecule has 1 saturated carbocycles. The lowest BCUT2D eigenvalue weighted by Crippen LogP contribution is -2.52. The van der Waals surface area contributed by atoms with E-state index >= 15 is 0 Å². The molecule has 12 heteroatoms. The van der Waals surface area contributed by atoms with Crippen LogP contribution in [0.15, 0.2) is 42.5 Å². The minimum Gasteiger partial charge on any atom is -0.493 e. The molecule has 2 aliphatic rings. The first-order chi connectivity index (χ1) is 18.8. The molecule has 0 radical (unpaired) electrons. The summed E-state index contributed by atoms with van der Waals surface area (Å²) in [7, 11) is 9.55. The highest BCUT2D eigenvalue weighted by atomic mass is 19.4. The number of amides is 2. The van der Waals surface area contributed by atoms with E-state index in [4.69, 9.17) is 19.4 Å². The highest BCUT2D eigenvalue weighted by Gasteiger charge is 2.50. The maximum atomic E-state index is 12.7. The summed E-state index contributed by atoms with van der Waals surface area (Å²) in [5, 5.41) is 13.3. The van der Waals surface area contributed by atoms with Gasteiger partial charge in [-0.05, 0) is 81.2 Å². The molecule has 4 rings (SSSR count). The van der Waals surface area contributed by atoms with Crippen molar-refractivity contribution in [3.05, 3.63) is 48.0 Å². The van der Waals surface area contributed by atoms with Crippen LogP contribution >= 0.6 is 0 Å². The lowest BCUT2D eigenvalue weighted by Gasteiger charge is -2.45. The van der Waals surface area contributed by atoms with Crippen LogP contribution in [-0.4, -0.2) is 82.2 Å². The van der Waals surface area contributed by atoms with Gasteiger partial charge in [0.25, 0.3) is 0 Å². The van der Waals surface area contributed by atoms with Gasteiger partial charge < -0.3 is 35.0 Å². The number of carbonyl (C=O) groups excluding carboxylic acids is 1. The van der Waals surface area contributed by atoms with Crippen LogP contribution in [0.4, 0.5) is 29.3 Å². The summed E-state index contributed by atoms with van der Waals surface area (Å²) in [4.78, 5) is 26.1. The van der Waals surface area contributed by atoms with Crippen molar-refractivity contribution in [1.82, 2.24) is 10.2 Å². The highest BCUT2D eigenvalue weighted by molar-refractivity contribution is 5.89. The fraction of sp³-hybridized carbons (Fsp3) is 0.500. The van der Waals surface area contributed by atoms with Crippen molar-refractivity contribution in [3.8, 4) is 11.5 Å². The van der Waals surface area contributed by atoms with Crippen LogP contribution in [0.25, 0.3) is 0 Å². The monoisotopic (exact) mass is 566 g/mol. The molecule has 1 saturated heterocycles. The van der Waals surface area contributed by atoms with E-state index in [1.807, 2.05) is 49.3 Å². The first kappa shape index (κ1) is 30.9. The number of urea groups is 1. The number of nitrogens with one attached hydrogen (secondary N) is 2. The van der Waals surface area contributed by atoms with Gasteiger partial charge in [0.2, 0.25) is 0 Å². The van der Waals surface area contributed by atoms with Gasteiger partial charge in [-0.25, -0.2) is 9.59 Å². The Kier molecular flexibility index (Phi) is 9.78. The number of hydrogen-bond donors (Lipinski definition) is 3. The van der Waals surface area contributed by atoms with E-state index in [-0.39, 0.29) is 17.5 Å². The molecule has 1 heterocycles. The molecule has 2 amide bonds. The van der Waals surface area contributed by atoms with Gasteiger partial charge in [0, 0.05) is 43.0 Å². The average Bonchev–Trinajstić information content (AvgIpc) is 3.25. The fourth-order valence-corrected chi connectivity index (χ4v) is 5.59. The number of alkyl halides is 3. The molecule has 2 aromatic carbocycles. The standard InChI is InChI=1S/C26H36N4O3.C2HF3O2/c1-29(2)21-9-7-19(8-10-21)27-25(31)28-20-12-13-26(14-15-30(3)24(26)17-20)18-6-11-22(32-4)23(16-18)33-5;3-2(4,5)1(6)7/h6-11,16,20,24H,12-15,17H2,1-5H3,(H2,27,28,31);(H,6,7)/t20-,24+,26+;/m1./s1. The Bertz CT molecular complexity index is 1180. The number of aliphatic carboxylic acids is 1. The fourth-order valence-electron chi connectivity index (χ4n) is 5.59. The minimum atomic E-state index is -5.08. The van der Waals surface area contributed by atoms with Crippen LogP contribution in [0.2, 0.25) is 0 Å². The van der Waals surface area contributed by atoms with Crippen LogP contribution in [0.1, 0.15) is 31.2 Å². The van der Waals surface area contributed by atoms with E-state index in [1.165, 1.54) is 5.56 Å². The Morgan fingerprint density at radius 2 is 1.68 bits per heavy atom. The Labute approximate surface area is 232 Å². The zero-order valence-electron chi connectivity index (χ0n) is 23.3. The van der Waals surface area contributed by atoms with Crippen molar-refractivity contribution < 1.29 is 37.3 Å². The minimum absolute atomic E-state index is 0.0744. The number of nitrogens with zero attached hydrogens (tertiary/aromatic N) is 2. The molecular weight excluding hydrogens is 529 g/mol. The first-order valence-corrected chi connectivity index (χ1v) is 12.9. The number of likely N-dealkylation sites (tertiary alicyclic amines) is 1. The summed E-state index contributed by atoms with van der Waals surface area (Å²) in [6, 6.07) is 14.6. The maximum absolute atomic E-state index is 12.7. The van der Waals surface area contributed by atoms with Crippen molar-refractivity contribution in [2.75, 3.05) is 52.1 Å². The second kappa shape index (κ2) is 12.7. The number of methoxy groups -OCH3 is 2. The van der Waals surface area contributed by atoms with Gasteiger partial charge in [0.05, 0.1) is 14.2 Å². The van der Waals surface area contributed by atoms with Crippen molar-refractivity contribution in [2.45, 2.75) is 49.4 Å². The van der Waals surface area contributed by atoms with Gasteiger partial charge in [0.15, 0.2) is 11.5 Å². The van der Waals surface area contributed by atoms with E-state index in [0.717, 1.165) is 55.1 Å². The normalized spacial score (nSPS) is 22.3. The van der Waals surface area contributed by atoms with Gasteiger partial charge in [0.1, 0.15) is 0 Å². The van der Waals surface area contributed by atoms with E-state index < -0.39 is 12.1 Å². The van der Waals surface area contributed by atoms with E-state index in [1.54, 1.807) is 14.2 Å². The summed E-state index contributed by atoms with van der Waals surface area (Å²) in [6.07, 6.45) is -1.07. The number of carboxylic acids is 1. The maximum Gasteiger partial charge on any atom is 0.490 e. The number of fused-ring (bicyclic) bond motifs is 1. The molecular formula is C28H37F3N4O5. The molecule has 2 fully saturated rings. The third-order valence-electron chi connectivity index (χ3n) is 7.70. The van der Waals surface area contributed by atoms with Gasteiger partial charge in [-0.3, -0.25) is 0 Å². The largest absolute Gasteiger partial charge is 0.493 e. The molecule has 0 spiro atoms. The number of carbonyl (C=O) groups is 2. The number of hydrogen-bond acceptors (Lipinski definition) is 6. The van der Waals surface area contributed by atoms with Crippen LogP contribution in [-0.2, 0) is 10.2 Å². The zero-order valence-corrected chi connectivity index (χ0v) is 23.3. The molecule has 3 N–H and O–H groups in total. The third-order valence-corrected chi connectivity index (χ3v) is 7.70. The predicted molar refractivity (Wildman–Crippen MR) is 147 cm³/mol. The molecule has 40 heavy (non-hydrogen) atoms. The number of carboxylic acid groups (broad SMARTS) is 1. The Morgan fingerprint density at radius 1 is 1.05 bits per heavy atom. The summed E-state index contributed by atoms with van der Waals surface area (Å²) in [5.41, 5.74) is 3.28. The SMILES string of the molecule is COc1ccc([C@@]23CC[C@@H](NC(=O)Nc4ccc(N(C)C)cc4)C[C@@H]2N(C)CC3)cc1OC.O=C(O)C(F)(F)F.